The predicted octanol–water partition coefficient (Wildman–Crippen LogP) is 15.5. The van der Waals surface area contributed by atoms with E-state index in [1.165, 1.54) is 61.0 Å². The van der Waals surface area contributed by atoms with E-state index >= 15 is 0 Å². The van der Waals surface area contributed by atoms with Crippen LogP contribution in [0.1, 0.15) is 25.0 Å². The van der Waals surface area contributed by atoms with Crippen molar-refractivity contribution in [1.82, 2.24) is 0 Å². The van der Waals surface area contributed by atoms with Crippen molar-refractivity contribution in [3.8, 4) is 44.5 Å². The van der Waals surface area contributed by atoms with Gasteiger partial charge in [-0.15, -0.1) is 0 Å². The molecule has 0 saturated heterocycles. The normalized spacial score (nSPS) is 12.9. The Kier molecular flexibility index (Phi) is 7.55. The number of hydrogen-bond acceptors (Lipinski definition) is 2. The predicted molar refractivity (Wildman–Crippen MR) is 240 cm³/mol. The van der Waals surface area contributed by atoms with E-state index in [9.17, 15) is 0 Å². The molecule has 0 spiro atoms. The fourth-order valence-corrected chi connectivity index (χ4v) is 9.17. The topological polar surface area (TPSA) is 16.4 Å². The maximum atomic E-state index is 6.91. The van der Waals surface area contributed by atoms with Crippen molar-refractivity contribution in [2.75, 3.05) is 4.90 Å². The van der Waals surface area contributed by atoms with Crippen molar-refractivity contribution in [2.45, 2.75) is 19.3 Å². The standard InChI is InChI=1S/C55H39NO/c1-55(2)51-23-12-11-21-45(51)46-30-28-42(33-52(46)55)56(41-26-24-38(25-27-41)36-14-5-3-6-15-36)43-29-31-47-50-35-49(40-19-13-18-39(32-40)37-16-7-4-8-17-37)44-20-9-10-22-48(44)54(50)57-53(47)34-43/h3-35H,1-2H3. The Bertz CT molecular complexity index is 3140. The van der Waals surface area contributed by atoms with Crippen LogP contribution in [0.3, 0.4) is 0 Å². The summed E-state index contributed by atoms with van der Waals surface area (Å²) in [5, 5.41) is 4.51. The Morgan fingerprint density at radius 1 is 0.351 bits per heavy atom. The fourth-order valence-electron chi connectivity index (χ4n) is 9.17. The zero-order valence-corrected chi connectivity index (χ0v) is 31.9. The summed E-state index contributed by atoms with van der Waals surface area (Å²) < 4.78 is 6.91. The molecule has 57 heavy (non-hydrogen) atoms. The smallest absolute Gasteiger partial charge is 0.143 e. The molecule has 10 aromatic rings. The highest BCUT2D eigenvalue weighted by Gasteiger charge is 2.35. The summed E-state index contributed by atoms with van der Waals surface area (Å²) in [5.74, 6) is 0. The van der Waals surface area contributed by atoms with E-state index in [2.05, 4.69) is 219 Å². The molecule has 11 rings (SSSR count). The van der Waals surface area contributed by atoms with E-state index < -0.39 is 0 Å². The first kappa shape index (κ1) is 33.2. The second kappa shape index (κ2) is 13.0. The molecule has 0 fully saturated rings. The average Bonchev–Trinajstić information content (AvgIpc) is 3.75. The van der Waals surface area contributed by atoms with Gasteiger partial charge in [-0.2, -0.15) is 0 Å². The zero-order valence-electron chi connectivity index (χ0n) is 31.9. The Morgan fingerprint density at radius 3 is 1.72 bits per heavy atom. The van der Waals surface area contributed by atoms with Gasteiger partial charge < -0.3 is 9.32 Å². The lowest BCUT2D eigenvalue weighted by Gasteiger charge is -2.28. The summed E-state index contributed by atoms with van der Waals surface area (Å²) in [5.41, 5.74) is 17.4. The molecule has 1 aromatic heterocycles. The molecule has 2 heteroatoms. The Morgan fingerprint density at radius 2 is 0.930 bits per heavy atom. The van der Waals surface area contributed by atoms with Gasteiger partial charge in [-0.1, -0.05) is 159 Å². The number of fused-ring (bicyclic) bond motifs is 8. The molecular formula is C55H39NO. The molecule has 0 aliphatic heterocycles. The summed E-state index contributed by atoms with van der Waals surface area (Å²) in [4.78, 5) is 2.37. The quantitative estimate of drug-likeness (QED) is 0.169. The Balaban J connectivity index is 1.08. The third-order valence-electron chi connectivity index (χ3n) is 12.1. The van der Waals surface area contributed by atoms with Crippen LogP contribution < -0.4 is 4.90 Å². The fraction of sp³-hybridized carbons (Fsp3) is 0.0545. The lowest BCUT2D eigenvalue weighted by atomic mass is 9.82. The number of hydrogen-bond donors (Lipinski definition) is 0. The summed E-state index contributed by atoms with van der Waals surface area (Å²) >= 11 is 0. The molecule has 1 aliphatic rings. The van der Waals surface area contributed by atoms with Gasteiger partial charge in [0.2, 0.25) is 0 Å². The van der Waals surface area contributed by atoms with Gasteiger partial charge in [-0.3, -0.25) is 0 Å². The third kappa shape index (κ3) is 5.40. The third-order valence-corrected chi connectivity index (χ3v) is 12.1. The number of rotatable bonds is 6. The maximum absolute atomic E-state index is 6.91. The van der Waals surface area contributed by atoms with Gasteiger partial charge in [0.05, 0.1) is 0 Å². The molecule has 0 saturated carbocycles. The summed E-state index contributed by atoms with van der Waals surface area (Å²) in [7, 11) is 0. The van der Waals surface area contributed by atoms with Crippen molar-refractivity contribution >= 4 is 49.8 Å². The number of nitrogens with zero attached hydrogens (tertiary/aromatic N) is 1. The highest BCUT2D eigenvalue weighted by molar-refractivity contribution is 6.19. The van der Waals surface area contributed by atoms with Crippen molar-refractivity contribution in [2.24, 2.45) is 0 Å². The van der Waals surface area contributed by atoms with E-state index in [0.717, 1.165) is 44.4 Å². The average molecular weight is 730 g/mol. The minimum absolute atomic E-state index is 0.118. The monoisotopic (exact) mass is 729 g/mol. The molecule has 2 nitrogen and oxygen atoms in total. The molecule has 0 unspecified atom stereocenters. The van der Waals surface area contributed by atoms with Crippen molar-refractivity contribution < 1.29 is 4.42 Å². The molecule has 1 heterocycles. The number of benzene rings is 9. The summed E-state index contributed by atoms with van der Waals surface area (Å²) in [6, 6.07) is 72.5. The highest BCUT2D eigenvalue weighted by Crippen LogP contribution is 2.51. The second-order valence-electron chi connectivity index (χ2n) is 15.7. The summed E-state index contributed by atoms with van der Waals surface area (Å²) in [6.45, 7) is 4.69. The number of anilines is 3. The Labute approximate surface area is 332 Å². The lowest BCUT2D eigenvalue weighted by molar-refractivity contribution is 0.660. The first-order valence-electron chi connectivity index (χ1n) is 19.8. The Hall–Kier alpha value is -7.16. The summed E-state index contributed by atoms with van der Waals surface area (Å²) in [6.07, 6.45) is 0. The van der Waals surface area contributed by atoms with E-state index in [1.54, 1.807) is 0 Å². The first-order chi connectivity index (χ1) is 28.0. The van der Waals surface area contributed by atoms with Gasteiger partial charge in [-0.05, 0) is 110 Å². The van der Waals surface area contributed by atoms with E-state index in [1.807, 2.05) is 0 Å². The molecule has 1 aliphatic carbocycles. The van der Waals surface area contributed by atoms with Crippen LogP contribution in [-0.4, -0.2) is 0 Å². The molecule has 0 bridgehead atoms. The lowest BCUT2D eigenvalue weighted by Crippen LogP contribution is -2.16. The van der Waals surface area contributed by atoms with Crippen molar-refractivity contribution in [3.63, 3.8) is 0 Å². The van der Waals surface area contributed by atoms with Crippen LogP contribution in [0.2, 0.25) is 0 Å². The van der Waals surface area contributed by atoms with Gasteiger partial charge >= 0.3 is 0 Å². The van der Waals surface area contributed by atoms with Crippen LogP contribution in [0, 0.1) is 0 Å². The van der Waals surface area contributed by atoms with Gasteiger partial charge in [0.25, 0.3) is 0 Å². The second-order valence-corrected chi connectivity index (χ2v) is 15.7. The SMILES string of the molecule is CC1(C)c2ccccc2-c2ccc(N(c3ccc(-c4ccccc4)cc3)c3ccc4c(c3)oc3c5ccccc5c(-c5cccc(-c6ccccc6)c5)cc43)cc21. The van der Waals surface area contributed by atoms with Crippen LogP contribution >= 0.6 is 0 Å². The van der Waals surface area contributed by atoms with Gasteiger partial charge in [0.15, 0.2) is 0 Å². The van der Waals surface area contributed by atoms with Crippen LogP contribution in [0.4, 0.5) is 17.1 Å². The van der Waals surface area contributed by atoms with Gasteiger partial charge in [0.1, 0.15) is 11.2 Å². The van der Waals surface area contributed by atoms with Crippen LogP contribution in [0.25, 0.3) is 77.2 Å². The highest BCUT2D eigenvalue weighted by atomic mass is 16.3. The molecular weight excluding hydrogens is 691 g/mol. The molecule has 0 radical (unpaired) electrons. The molecule has 0 amide bonds. The first-order valence-corrected chi connectivity index (χ1v) is 19.8. The zero-order chi connectivity index (χ0) is 38.1. The van der Waals surface area contributed by atoms with Crippen LogP contribution in [0.15, 0.2) is 205 Å². The van der Waals surface area contributed by atoms with E-state index in [-0.39, 0.29) is 5.41 Å². The van der Waals surface area contributed by atoms with Gasteiger partial charge in [-0.25, -0.2) is 0 Å². The minimum atomic E-state index is -0.118. The molecule has 9 aromatic carbocycles. The number of furan rings is 1. The van der Waals surface area contributed by atoms with Crippen molar-refractivity contribution in [3.05, 3.63) is 211 Å². The molecule has 270 valence electrons. The van der Waals surface area contributed by atoms with Crippen LogP contribution in [-0.2, 0) is 5.41 Å². The van der Waals surface area contributed by atoms with E-state index in [4.69, 9.17) is 4.42 Å². The largest absolute Gasteiger partial charge is 0.455 e. The van der Waals surface area contributed by atoms with E-state index in [0.29, 0.717) is 0 Å². The van der Waals surface area contributed by atoms with Crippen molar-refractivity contribution in [1.29, 1.82) is 0 Å². The molecule has 0 atom stereocenters. The molecule has 0 N–H and O–H groups in total. The maximum Gasteiger partial charge on any atom is 0.143 e. The minimum Gasteiger partial charge on any atom is -0.455 e. The van der Waals surface area contributed by atoms with Gasteiger partial charge in [0, 0.05) is 44.7 Å². The van der Waals surface area contributed by atoms with Crippen LogP contribution in [0.5, 0.6) is 0 Å².